The van der Waals surface area contributed by atoms with Gasteiger partial charge in [-0.25, -0.2) is 0 Å². The molecule has 0 heterocycles. The normalized spacial score (nSPS) is 13.7. The van der Waals surface area contributed by atoms with E-state index in [1.807, 2.05) is 88.4 Å². The minimum Gasteiger partial charge on any atom is -0.481 e. The van der Waals surface area contributed by atoms with Crippen molar-refractivity contribution in [1.82, 2.24) is 0 Å². The topological polar surface area (TPSA) is 244 Å². The average Bonchev–Trinajstić information content (AvgIpc) is 4.21. The van der Waals surface area contributed by atoms with E-state index in [0.717, 1.165) is 60.6 Å². The number of ketones is 6. The molecule has 0 amide bonds. The van der Waals surface area contributed by atoms with Crippen LogP contribution in [0.3, 0.4) is 0 Å². The number of carboxylic acid groups (broad SMARTS) is 1. The molecule has 0 bridgehead atoms. The summed E-state index contributed by atoms with van der Waals surface area (Å²) < 4.78 is 2.40. The number of aliphatic carboxylic acids is 1. The first-order chi connectivity index (χ1) is 36.7. The maximum atomic E-state index is 11.2. The van der Waals surface area contributed by atoms with E-state index in [-0.39, 0.29) is 184 Å². The Morgan fingerprint density at radius 1 is 0.518 bits per heavy atom. The van der Waals surface area contributed by atoms with Gasteiger partial charge in [-0.15, -0.1) is 0 Å². The first-order valence-electron chi connectivity index (χ1n) is 26.2. The van der Waals surface area contributed by atoms with E-state index in [4.69, 9.17) is 10.4 Å². The smallest absolute Gasteiger partial charge is 0.306 e. The van der Waals surface area contributed by atoms with Crippen molar-refractivity contribution >= 4 is 98.2 Å². The number of aldehydes is 1. The molecule has 1 aliphatic rings. The molecule has 5 aromatic carbocycles. The number of nitriles is 1. The Kier molecular flexibility index (Phi) is 53.1. The molecule has 0 aromatic heterocycles. The van der Waals surface area contributed by atoms with Crippen LogP contribution >= 0.6 is 45.2 Å². The summed E-state index contributed by atoms with van der Waals surface area (Å²) in [6.07, 6.45) is 8.93. The van der Waals surface area contributed by atoms with E-state index in [1.54, 1.807) is 71.9 Å². The summed E-state index contributed by atoms with van der Waals surface area (Å²) in [7, 11) is 0. The summed E-state index contributed by atoms with van der Waals surface area (Å²) in [6.45, 7) is 20.6. The molecular weight excluding hydrogens is 1800 g/mol. The van der Waals surface area contributed by atoms with Crippen LogP contribution in [-0.4, -0.2) is 63.0 Å². The Morgan fingerprint density at radius 3 is 1.02 bits per heavy atom. The van der Waals surface area contributed by atoms with E-state index in [0.29, 0.717) is 23.7 Å². The molecule has 0 aliphatic heterocycles. The van der Waals surface area contributed by atoms with Crippen LogP contribution < -0.4 is 0 Å². The molecule has 83 heavy (non-hydrogen) atoms. The number of allylic oxidation sites excluding steroid dienone is 1. The van der Waals surface area contributed by atoms with Gasteiger partial charge in [0.15, 0.2) is 5.78 Å². The number of hydrogen-bond donors (Lipinski definition) is 1. The zero-order chi connectivity index (χ0) is 59.1. The van der Waals surface area contributed by atoms with Gasteiger partial charge >= 0.3 is 5.97 Å². The third-order valence-corrected chi connectivity index (χ3v) is 14.5. The molecule has 2 radical (unpaired) electrons. The fourth-order valence-electron chi connectivity index (χ4n) is 7.30. The predicted octanol–water partition coefficient (Wildman–Crippen LogP) is 13.0. The summed E-state index contributed by atoms with van der Waals surface area (Å²) in [5, 5.41) is 16.0. The third kappa shape index (κ3) is 40.5. The number of nitrogens with zero attached hydrogens (tertiary/aromatic N) is 1. The first-order valence-corrected chi connectivity index (χ1v) is 28.3. The Morgan fingerprint density at radius 2 is 0.783 bits per heavy atom. The van der Waals surface area contributed by atoms with E-state index in [2.05, 4.69) is 93.7 Å². The summed E-state index contributed by atoms with van der Waals surface area (Å²) in [5.74, 6) is 1.22. The number of benzene rings is 5. The maximum Gasteiger partial charge on any atom is 0.306 e. The molecule has 17 heteroatoms. The fourth-order valence-corrected chi connectivity index (χ4v) is 8.01. The van der Waals surface area contributed by atoms with Crippen LogP contribution in [0.1, 0.15) is 145 Å². The number of hydrogen-bond acceptors (Lipinski definition) is 9. The zero-order valence-electron chi connectivity index (χ0n) is 50.0. The van der Waals surface area contributed by atoms with Crippen molar-refractivity contribution in [2.45, 2.75) is 128 Å². The molecule has 1 aliphatic carbocycles. The van der Waals surface area contributed by atoms with Crippen LogP contribution in [0.15, 0.2) is 127 Å². The number of carbonyl (C=O) groups is 8. The molecule has 2 unspecified atom stereocenters. The molecular formula is C66H83Ac2I2NO11Pd. The fraction of sp³-hybridized carbons (Fsp3) is 0.379. The molecule has 6 rings (SSSR count). The summed E-state index contributed by atoms with van der Waals surface area (Å²) in [5.41, 5.74) is 8.68. The SMILES string of the molecule is CC#N.CC(=O)/C=C/c1ccc(C[C@H](C)C(C)=O)cc1.CC(=O)C1CC1c1ccc(C[C@H](C)C(C)=O)cc1.CC(=O)[C@@H](C)Cc1ccc(C=O)cc1.CC(=O)[C@@H](C)Cc1ccc(I)cc1.C[C@@H](Cc1ccc(I)cc1)C(=O)O.O.O.[Ac].[Ac].[Pd]. The van der Waals surface area contributed by atoms with Crippen LogP contribution in [0, 0.1) is 142 Å². The Labute approximate surface area is 606 Å². The molecule has 1 saturated carbocycles. The van der Waals surface area contributed by atoms with Gasteiger partial charge in [-0.3, -0.25) is 38.4 Å². The van der Waals surface area contributed by atoms with Gasteiger partial charge in [-0.05, 0) is 200 Å². The minimum absolute atomic E-state index is 0. The van der Waals surface area contributed by atoms with Crippen molar-refractivity contribution in [1.29, 1.82) is 5.26 Å². The summed E-state index contributed by atoms with van der Waals surface area (Å²) >= 11 is 4.50. The standard InChI is InChI=1S/C16H20O2.C15H18O2.C12H14O2.C11H13IO.C10H11IO2.C2H3N.2Ac.2H2O.Pd/c1-10(11(2)17)8-13-4-6-14(7-5-13)16-9-15(16)12(3)18;1-11(13(3)17)10-15-8-6-14(7-9-15)5-4-12(2)16;1-9(10(2)14)7-11-3-5-12(8-13)6-4-11;1-8(9(2)13)7-10-3-5-11(12)6-4-10;1-7(10(12)13)6-8-2-4-9(11)5-3-8;1-2-3;;;;;/h4-7,10,15-16H,8-9H2,1-3H3;4-9,11H,10H2,1-3H3;3-6,8-9H,7H2,1-2H3;3-6,8H,7H2,1-2H3;2-5,7H,6H2,1H3,(H,12,13);1H3;;;2*1H2;/b;5-4+;;;;;;;;;/t10-,15?,16?;11-;9-;8-;7-;;;;;;/m00000....../s1. The second-order valence-corrected chi connectivity index (χ2v) is 22.6. The van der Waals surface area contributed by atoms with Crippen molar-refractivity contribution in [2.24, 2.45) is 35.5 Å². The van der Waals surface area contributed by atoms with Crippen molar-refractivity contribution in [3.63, 3.8) is 0 Å². The molecule has 1 fully saturated rings. The Balaban J connectivity index is -0.000000299. The number of carbonyl (C=O) groups excluding carboxylic acids is 7. The second-order valence-electron chi connectivity index (χ2n) is 20.1. The van der Waals surface area contributed by atoms with E-state index < -0.39 is 5.97 Å². The van der Waals surface area contributed by atoms with Gasteiger partial charge in [0, 0.05) is 158 Å². The van der Waals surface area contributed by atoms with Gasteiger partial charge < -0.3 is 16.1 Å². The van der Waals surface area contributed by atoms with E-state index in [1.165, 1.54) is 37.7 Å². The molecule has 12 nitrogen and oxygen atoms in total. The average molecular weight is 1880 g/mol. The van der Waals surface area contributed by atoms with Gasteiger partial charge in [-0.2, -0.15) is 5.26 Å². The molecule has 0 saturated heterocycles. The Bertz CT molecular complexity index is 2720. The summed E-state index contributed by atoms with van der Waals surface area (Å²) in [6, 6.07) is 41.6. The Hall–Kier alpha value is -2.58. The monoisotopic (exact) mass is 1880 g/mol. The van der Waals surface area contributed by atoms with Gasteiger partial charge in [0.1, 0.15) is 35.2 Å². The quantitative estimate of drug-likeness (QED) is 0.0334. The van der Waals surface area contributed by atoms with Crippen molar-refractivity contribution in [2.75, 3.05) is 0 Å². The predicted molar refractivity (Wildman–Crippen MR) is 337 cm³/mol. The van der Waals surface area contributed by atoms with Gasteiger partial charge in [0.2, 0.25) is 0 Å². The van der Waals surface area contributed by atoms with Crippen LogP contribution in [0.5, 0.6) is 0 Å². The number of halogens is 2. The molecule has 448 valence electrons. The molecule has 7 atom stereocenters. The van der Waals surface area contributed by atoms with E-state index >= 15 is 0 Å². The van der Waals surface area contributed by atoms with E-state index in [9.17, 15) is 38.4 Å². The van der Waals surface area contributed by atoms with Crippen molar-refractivity contribution < 1.29 is 163 Å². The molecule has 5 N–H and O–H groups in total. The maximum absolute atomic E-state index is 11.2. The van der Waals surface area contributed by atoms with Gasteiger partial charge in [0.25, 0.3) is 0 Å². The second kappa shape index (κ2) is 49.4. The minimum atomic E-state index is -0.737. The summed E-state index contributed by atoms with van der Waals surface area (Å²) in [4.78, 5) is 87.4. The number of carboxylic acids is 1. The van der Waals surface area contributed by atoms with Crippen LogP contribution in [0.25, 0.3) is 6.08 Å². The first kappa shape index (κ1) is 89.2. The molecule has 0 spiro atoms. The number of Topliss-reactive ketones (excluding diaryl/α,β-unsaturated/α-hetero) is 5. The third-order valence-electron chi connectivity index (χ3n) is 13.1. The number of rotatable bonds is 20. The molecule has 5 aromatic rings. The van der Waals surface area contributed by atoms with Crippen molar-refractivity contribution in [3.8, 4) is 6.07 Å². The van der Waals surface area contributed by atoms with Crippen molar-refractivity contribution in [3.05, 3.63) is 179 Å². The zero-order valence-corrected chi connectivity index (χ0v) is 65.3. The van der Waals surface area contributed by atoms with Crippen LogP contribution in [0.4, 0.5) is 0 Å². The van der Waals surface area contributed by atoms with Gasteiger partial charge in [-0.1, -0.05) is 138 Å². The largest absolute Gasteiger partial charge is 0.481 e. The van der Waals surface area contributed by atoms with Crippen LogP contribution in [0.2, 0.25) is 0 Å². The van der Waals surface area contributed by atoms with Crippen LogP contribution in [-0.2, 0) is 86.1 Å². The van der Waals surface area contributed by atoms with Gasteiger partial charge in [0.05, 0.1) is 12.0 Å².